The SMILES string of the molecule is CCOc1cc(F)ccc1NC1CCCC(CC(C)C)C1. The fraction of sp³-hybridized carbons (Fsp3) is 0.667. The molecule has 118 valence electrons. The van der Waals surface area contributed by atoms with Gasteiger partial charge in [-0.25, -0.2) is 4.39 Å². The molecule has 0 bridgehead atoms. The summed E-state index contributed by atoms with van der Waals surface area (Å²) in [6.45, 7) is 7.07. The summed E-state index contributed by atoms with van der Waals surface area (Å²) in [6.07, 6.45) is 6.33. The molecule has 1 aliphatic carbocycles. The van der Waals surface area contributed by atoms with Gasteiger partial charge in [0, 0.05) is 12.1 Å². The van der Waals surface area contributed by atoms with E-state index in [0.717, 1.165) is 17.5 Å². The van der Waals surface area contributed by atoms with Gasteiger partial charge in [0.25, 0.3) is 0 Å². The second kappa shape index (κ2) is 7.67. The average Bonchev–Trinajstić information content (AvgIpc) is 2.42. The lowest BCUT2D eigenvalue weighted by atomic mass is 9.81. The van der Waals surface area contributed by atoms with Crippen molar-refractivity contribution in [3.63, 3.8) is 0 Å². The molecule has 2 atom stereocenters. The molecule has 0 heterocycles. The number of rotatable bonds is 6. The first kappa shape index (κ1) is 16.1. The molecule has 1 N–H and O–H groups in total. The standard InChI is InChI=1S/C18H28FNO/c1-4-21-18-12-15(19)8-9-17(18)20-16-7-5-6-14(11-16)10-13(2)3/h8-9,12-14,16,20H,4-7,10-11H2,1-3H3. The van der Waals surface area contributed by atoms with Crippen molar-refractivity contribution in [3.8, 4) is 5.75 Å². The Morgan fingerprint density at radius 2 is 2.14 bits per heavy atom. The van der Waals surface area contributed by atoms with E-state index in [0.29, 0.717) is 18.4 Å². The summed E-state index contributed by atoms with van der Waals surface area (Å²) < 4.78 is 18.9. The van der Waals surface area contributed by atoms with Crippen LogP contribution in [0.3, 0.4) is 0 Å². The van der Waals surface area contributed by atoms with Crippen molar-refractivity contribution in [1.82, 2.24) is 0 Å². The summed E-state index contributed by atoms with van der Waals surface area (Å²) in [5.41, 5.74) is 0.924. The molecule has 1 aromatic rings. The molecule has 0 saturated heterocycles. The number of ether oxygens (including phenoxy) is 1. The van der Waals surface area contributed by atoms with E-state index in [2.05, 4.69) is 19.2 Å². The van der Waals surface area contributed by atoms with Crippen molar-refractivity contribution >= 4 is 5.69 Å². The Labute approximate surface area is 128 Å². The van der Waals surface area contributed by atoms with Crippen molar-refractivity contribution in [2.45, 2.75) is 58.9 Å². The number of benzene rings is 1. The van der Waals surface area contributed by atoms with E-state index in [9.17, 15) is 4.39 Å². The van der Waals surface area contributed by atoms with Crippen LogP contribution >= 0.6 is 0 Å². The van der Waals surface area contributed by atoms with Crippen LogP contribution in [-0.2, 0) is 0 Å². The van der Waals surface area contributed by atoms with Crippen molar-refractivity contribution < 1.29 is 9.13 Å². The minimum atomic E-state index is -0.245. The highest BCUT2D eigenvalue weighted by molar-refractivity contribution is 5.57. The number of halogens is 1. The Hall–Kier alpha value is -1.25. The minimum absolute atomic E-state index is 0.245. The second-order valence-corrected chi connectivity index (χ2v) is 6.58. The van der Waals surface area contributed by atoms with Gasteiger partial charge in [-0.05, 0) is 50.2 Å². The van der Waals surface area contributed by atoms with Gasteiger partial charge in [0.1, 0.15) is 11.6 Å². The maximum atomic E-state index is 13.3. The van der Waals surface area contributed by atoms with E-state index in [1.54, 1.807) is 6.07 Å². The van der Waals surface area contributed by atoms with Crippen LogP contribution in [0.2, 0.25) is 0 Å². The van der Waals surface area contributed by atoms with Crippen molar-refractivity contribution in [2.24, 2.45) is 11.8 Å². The Kier molecular flexibility index (Phi) is 5.89. The van der Waals surface area contributed by atoms with Gasteiger partial charge in [0.2, 0.25) is 0 Å². The molecule has 0 amide bonds. The summed E-state index contributed by atoms with van der Waals surface area (Å²) >= 11 is 0. The van der Waals surface area contributed by atoms with Crippen LogP contribution in [0.15, 0.2) is 18.2 Å². The lowest BCUT2D eigenvalue weighted by Gasteiger charge is -2.31. The van der Waals surface area contributed by atoms with Crippen LogP contribution in [0.5, 0.6) is 5.75 Å². The van der Waals surface area contributed by atoms with E-state index < -0.39 is 0 Å². The van der Waals surface area contributed by atoms with Gasteiger partial charge in [-0.3, -0.25) is 0 Å². The van der Waals surface area contributed by atoms with Gasteiger partial charge in [-0.1, -0.05) is 26.7 Å². The zero-order valence-corrected chi connectivity index (χ0v) is 13.5. The monoisotopic (exact) mass is 293 g/mol. The summed E-state index contributed by atoms with van der Waals surface area (Å²) in [5, 5.41) is 3.57. The van der Waals surface area contributed by atoms with Gasteiger partial charge in [-0.2, -0.15) is 0 Å². The highest BCUT2D eigenvalue weighted by Gasteiger charge is 2.23. The van der Waals surface area contributed by atoms with Gasteiger partial charge in [0.15, 0.2) is 0 Å². The van der Waals surface area contributed by atoms with Crippen LogP contribution in [0.1, 0.15) is 52.9 Å². The maximum absolute atomic E-state index is 13.3. The number of nitrogens with one attached hydrogen (secondary N) is 1. The van der Waals surface area contributed by atoms with Crippen molar-refractivity contribution in [2.75, 3.05) is 11.9 Å². The molecule has 0 aromatic heterocycles. The lowest BCUT2D eigenvalue weighted by Crippen LogP contribution is -2.28. The number of hydrogen-bond acceptors (Lipinski definition) is 2. The van der Waals surface area contributed by atoms with Gasteiger partial charge in [0.05, 0.1) is 12.3 Å². The van der Waals surface area contributed by atoms with E-state index >= 15 is 0 Å². The lowest BCUT2D eigenvalue weighted by molar-refractivity contribution is 0.288. The Morgan fingerprint density at radius 1 is 1.33 bits per heavy atom. The van der Waals surface area contributed by atoms with Gasteiger partial charge >= 0.3 is 0 Å². The van der Waals surface area contributed by atoms with Gasteiger partial charge in [-0.15, -0.1) is 0 Å². The molecule has 1 aromatic carbocycles. The first-order valence-electron chi connectivity index (χ1n) is 8.27. The molecule has 2 rings (SSSR count). The molecule has 1 aliphatic rings. The quantitative estimate of drug-likeness (QED) is 0.774. The van der Waals surface area contributed by atoms with Crippen LogP contribution in [-0.4, -0.2) is 12.6 Å². The predicted molar refractivity (Wildman–Crippen MR) is 86.4 cm³/mol. The molecule has 1 saturated carbocycles. The smallest absolute Gasteiger partial charge is 0.145 e. The highest BCUT2D eigenvalue weighted by Crippen LogP contribution is 2.33. The third kappa shape index (κ3) is 4.90. The summed E-state index contributed by atoms with van der Waals surface area (Å²) in [7, 11) is 0. The third-order valence-electron chi connectivity index (χ3n) is 4.19. The maximum Gasteiger partial charge on any atom is 0.145 e. The first-order chi connectivity index (χ1) is 10.1. The second-order valence-electron chi connectivity index (χ2n) is 6.58. The van der Waals surface area contributed by atoms with Crippen LogP contribution < -0.4 is 10.1 Å². The van der Waals surface area contributed by atoms with Crippen LogP contribution in [0.4, 0.5) is 10.1 Å². The predicted octanol–water partition coefficient (Wildman–Crippen LogP) is 5.24. The summed E-state index contributed by atoms with van der Waals surface area (Å²) in [5.74, 6) is 1.96. The Balaban J connectivity index is 2.00. The van der Waals surface area contributed by atoms with Gasteiger partial charge < -0.3 is 10.1 Å². The molecule has 3 heteroatoms. The largest absolute Gasteiger partial charge is 0.492 e. The molecular formula is C18H28FNO. The van der Waals surface area contributed by atoms with E-state index in [1.165, 1.54) is 44.2 Å². The van der Waals surface area contributed by atoms with Crippen LogP contribution in [0, 0.1) is 17.7 Å². The number of hydrogen-bond donors (Lipinski definition) is 1. The number of anilines is 1. The molecule has 1 fully saturated rings. The van der Waals surface area contributed by atoms with E-state index in [-0.39, 0.29) is 5.82 Å². The molecule has 0 radical (unpaired) electrons. The molecular weight excluding hydrogens is 265 g/mol. The fourth-order valence-corrected chi connectivity index (χ4v) is 3.41. The molecule has 2 nitrogen and oxygen atoms in total. The normalized spacial score (nSPS) is 22.3. The minimum Gasteiger partial charge on any atom is -0.492 e. The summed E-state index contributed by atoms with van der Waals surface area (Å²) in [4.78, 5) is 0. The molecule has 21 heavy (non-hydrogen) atoms. The Bertz CT molecular complexity index is 447. The average molecular weight is 293 g/mol. The van der Waals surface area contributed by atoms with E-state index in [4.69, 9.17) is 4.74 Å². The Morgan fingerprint density at radius 3 is 2.86 bits per heavy atom. The highest BCUT2D eigenvalue weighted by atomic mass is 19.1. The van der Waals surface area contributed by atoms with E-state index in [1.807, 2.05) is 6.92 Å². The summed E-state index contributed by atoms with van der Waals surface area (Å²) in [6, 6.07) is 5.25. The van der Waals surface area contributed by atoms with Crippen LogP contribution in [0.25, 0.3) is 0 Å². The van der Waals surface area contributed by atoms with Crippen molar-refractivity contribution in [3.05, 3.63) is 24.0 Å². The zero-order valence-electron chi connectivity index (χ0n) is 13.5. The molecule has 0 spiro atoms. The first-order valence-corrected chi connectivity index (χ1v) is 8.27. The zero-order chi connectivity index (χ0) is 15.2. The molecule has 0 aliphatic heterocycles. The fourth-order valence-electron chi connectivity index (χ4n) is 3.41. The topological polar surface area (TPSA) is 21.3 Å². The van der Waals surface area contributed by atoms with Crippen molar-refractivity contribution in [1.29, 1.82) is 0 Å². The third-order valence-corrected chi connectivity index (χ3v) is 4.19. The molecule has 2 unspecified atom stereocenters.